The second-order valence-electron chi connectivity index (χ2n) is 5.51. The Balaban J connectivity index is 1.96. The summed E-state index contributed by atoms with van der Waals surface area (Å²) in [7, 11) is 0. The Hall–Kier alpha value is -2.24. The minimum absolute atomic E-state index is 0.0501. The van der Waals surface area contributed by atoms with Crippen molar-refractivity contribution in [3.8, 4) is 17.2 Å². The van der Waals surface area contributed by atoms with Crippen molar-refractivity contribution < 1.29 is 28.9 Å². The lowest BCUT2D eigenvalue weighted by atomic mass is 9.87. The fourth-order valence-corrected chi connectivity index (χ4v) is 2.64. The van der Waals surface area contributed by atoms with Crippen LogP contribution in [0, 0.1) is 0 Å². The number of hydrogen-bond acceptors (Lipinski definition) is 5. The largest absolute Gasteiger partial charge is 0.486 e. The molecule has 6 nitrogen and oxygen atoms in total. The van der Waals surface area contributed by atoms with Crippen molar-refractivity contribution in [2.45, 2.75) is 31.8 Å². The molecule has 1 N–H and O–H groups in total. The third-order valence-electron chi connectivity index (χ3n) is 3.71. The Kier molecular flexibility index (Phi) is 3.23. The van der Waals surface area contributed by atoms with Crippen molar-refractivity contribution in [1.29, 1.82) is 0 Å². The first-order valence-electron chi connectivity index (χ1n) is 6.85. The van der Waals surface area contributed by atoms with Gasteiger partial charge in [0, 0.05) is 6.42 Å². The van der Waals surface area contributed by atoms with Gasteiger partial charge in [-0.2, -0.15) is 0 Å². The lowest BCUT2D eigenvalue weighted by molar-refractivity contribution is -0.138. The molecule has 2 aliphatic rings. The molecule has 1 aromatic rings. The van der Waals surface area contributed by atoms with Crippen LogP contribution in [0.3, 0.4) is 0 Å². The van der Waals surface area contributed by atoms with Gasteiger partial charge in [-0.1, -0.05) is 0 Å². The number of benzene rings is 1. The van der Waals surface area contributed by atoms with E-state index < -0.39 is 11.6 Å². The van der Waals surface area contributed by atoms with Crippen LogP contribution in [0.1, 0.15) is 36.5 Å². The van der Waals surface area contributed by atoms with E-state index >= 15 is 0 Å². The molecule has 21 heavy (non-hydrogen) atoms. The molecule has 0 saturated carbocycles. The summed E-state index contributed by atoms with van der Waals surface area (Å²) in [5.74, 6) is 0.383. The summed E-state index contributed by atoms with van der Waals surface area (Å²) in [6.45, 7) is 2.60. The van der Waals surface area contributed by atoms with E-state index in [1.807, 2.05) is 0 Å². The maximum atomic E-state index is 12.3. The SMILES string of the molecule is CC1(CCC(=O)O)CC(=O)c2ccc3c(c2O1)OCCO3. The number of rotatable bonds is 3. The van der Waals surface area contributed by atoms with Crippen molar-refractivity contribution in [2.24, 2.45) is 0 Å². The maximum Gasteiger partial charge on any atom is 0.303 e. The van der Waals surface area contributed by atoms with Gasteiger partial charge in [0.2, 0.25) is 5.75 Å². The summed E-state index contributed by atoms with van der Waals surface area (Å²) in [6.07, 6.45) is 0.371. The predicted octanol–water partition coefficient (Wildman–Crippen LogP) is 2.05. The van der Waals surface area contributed by atoms with Crippen LogP contribution in [0.2, 0.25) is 0 Å². The highest BCUT2D eigenvalue weighted by Gasteiger charge is 2.39. The molecule has 2 heterocycles. The zero-order valence-corrected chi connectivity index (χ0v) is 11.7. The zero-order chi connectivity index (χ0) is 15.0. The number of carbonyl (C=O) groups excluding carboxylic acids is 1. The second kappa shape index (κ2) is 4.95. The van der Waals surface area contributed by atoms with Crippen LogP contribution in [0.4, 0.5) is 0 Å². The monoisotopic (exact) mass is 292 g/mol. The number of aliphatic carboxylic acids is 1. The van der Waals surface area contributed by atoms with Gasteiger partial charge in [-0.15, -0.1) is 0 Å². The molecule has 0 radical (unpaired) electrons. The van der Waals surface area contributed by atoms with Gasteiger partial charge >= 0.3 is 5.97 Å². The predicted molar refractivity (Wildman–Crippen MR) is 72.3 cm³/mol. The molecule has 112 valence electrons. The summed E-state index contributed by atoms with van der Waals surface area (Å²) >= 11 is 0. The van der Waals surface area contributed by atoms with Gasteiger partial charge in [0.25, 0.3) is 0 Å². The minimum Gasteiger partial charge on any atom is -0.486 e. The van der Waals surface area contributed by atoms with Gasteiger partial charge in [-0.05, 0) is 25.5 Å². The van der Waals surface area contributed by atoms with Crippen molar-refractivity contribution in [3.05, 3.63) is 17.7 Å². The van der Waals surface area contributed by atoms with Gasteiger partial charge in [0.05, 0.1) is 12.0 Å². The van der Waals surface area contributed by atoms with Gasteiger partial charge in [-0.25, -0.2) is 0 Å². The molecule has 1 aromatic carbocycles. The quantitative estimate of drug-likeness (QED) is 0.918. The van der Waals surface area contributed by atoms with E-state index in [0.717, 1.165) is 0 Å². The highest BCUT2D eigenvalue weighted by atomic mass is 16.6. The van der Waals surface area contributed by atoms with Crippen LogP contribution in [-0.2, 0) is 4.79 Å². The zero-order valence-electron chi connectivity index (χ0n) is 11.7. The van der Waals surface area contributed by atoms with E-state index in [1.54, 1.807) is 19.1 Å². The van der Waals surface area contributed by atoms with Gasteiger partial charge in [0.15, 0.2) is 17.3 Å². The smallest absolute Gasteiger partial charge is 0.303 e. The fraction of sp³-hybridized carbons (Fsp3) is 0.467. The number of carbonyl (C=O) groups is 2. The number of carboxylic acids is 1. The number of Topliss-reactive ketones (excluding diaryl/α,β-unsaturated/α-hetero) is 1. The van der Waals surface area contributed by atoms with Crippen LogP contribution in [0.15, 0.2) is 12.1 Å². The maximum absolute atomic E-state index is 12.3. The van der Waals surface area contributed by atoms with E-state index in [0.29, 0.717) is 36.0 Å². The van der Waals surface area contributed by atoms with E-state index in [1.165, 1.54) is 0 Å². The van der Waals surface area contributed by atoms with Crippen molar-refractivity contribution in [3.63, 3.8) is 0 Å². The highest BCUT2D eigenvalue weighted by Crippen LogP contribution is 2.47. The Morgan fingerprint density at radius 3 is 2.81 bits per heavy atom. The molecule has 3 rings (SSSR count). The van der Waals surface area contributed by atoms with Crippen LogP contribution >= 0.6 is 0 Å². The third kappa shape index (κ3) is 2.53. The van der Waals surface area contributed by atoms with E-state index in [-0.39, 0.29) is 25.0 Å². The van der Waals surface area contributed by atoms with Gasteiger partial charge in [-0.3, -0.25) is 9.59 Å². The number of carboxylic acid groups (broad SMARTS) is 1. The average molecular weight is 292 g/mol. The van der Waals surface area contributed by atoms with Crippen LogP contribution in [0.5, 0.6) is 17.2 Å². The topological polar surface area (TPSA) is 82.1 Å². The Morgan fingerprint density at radius 2 is 2.05 bits per heavy atom. The Bertz CT molecular complexity index is 608. The second-order valence-corrected chi connectivity index (χ2v) is 5.51. The molecular weight excluding hydrogens is 276 g/mol. The number of ketones is 1. The molecule has 6 heteroatoms. The third-order valence-corrected chi connectivity index (χ3v) is 3.71. The van der Waals surface area contributed by atoms with Crippen LogP contribution in [-0.4, -0.2) is 35.7 Å². The van der Waals surface area contributed by atoms with E-state index in [9.17, 15) is 9.59 Å². The summed E-state index contributed by atoms with van der Waals surface area (Å²) in [5.41, 5.74) is -0.370. The average Bonchev–Trinajstić information content (AvgIpc) is 2.45. The van der Waals surface area contributed by atoms with Crippen molar-refractivity contribution in [2.75, 3.05) is 13.2 Å². The summed E-state index contributed by atoms with van der Waals surface area (Å²) in [6, 6.07) is 3.37. The summed E-state index contributed by atoms with van der Waals surface area (Å²) in [5, 5.41) is 8.83. The number of ether oxygens (including phenoxy) is 3. The van der Waals surface area contributed by atoms with Crippen molar-refractivity contribution >= 4 is 11.8 Å². The molecule has 1 unspecified atom stereocenters. The molecule has 0 aliphatic carbocycles. The minimum atomic E-state index is -0.909. The molecule has 0 bridgehead atoms. The van der Waals surface area contributed by atoms with Gasteiger partial charge < -0.3 is 19.3 Å². The van der Waals surface area contributed by atoms with Gasteiger partial charge in [0.1, 0.15) is 18.8 Å². The molecule has 0 spiro atoms. The molecule has 2 aliphatic heterocycles. The molecular formula is C15H16O6. The van der Waals surface area contributed by atoms with E-state index in [2.05, 4.69) is 0 Å². The lowest BCUT2D eigenvalue weighted by Gasteiger charge is -2.36. The normalized spacial score (nSPS) is 23.2. The molecule has 1 atom stereocenters. The molecule has 0 aromatic heterocycles. The van der Waals surface area contributed by atoms with Crippen molar-refractivity contribution in [1.82, 2.24) is 0 Å². The Morgan fingerprint density at radius 1 is 1.29 bits per heavy atom. The number of fused-ring (bicyclic) bond motifs is 3. The Labute approximate surface area is 121 Å². The van der Waals surface area contributed by atoms with E-state index in [4.69, 9.17) is 19.3 Å². The highest BCUT2D eigenvalue weighted by molar-refractivity contribution is 6.01. The van der Waals surface area contributed by atoms with Crippen LogP contribution in [0.25, 0.3) is 0 Å². The number of hydrogen-bond donors (Lipinski definition) is 1. The summed E-state index contributed by atoms with van der Waals surface area (Å²) in [4.78, 5) is 23.1. The van der Waals surface area contributed by atoms with Crippen LogP contribution < -0.4 is 14.2 Å². The molecule has 0 amide bonds. The standard InChI is InChI=1S/C15H16O6/c1-15(5-4-12(17)18)8-10(16)9-2-3-11-14(13(9)21-15)20-7-6-19-11/h2-3H,4-8H2,1H3,(H,17,18). The lowest BCUT2D eigenvalue weighted by Crippen LogP contribution is -2.40. The first-order chi connectivity index (χ1) is 9.98. The summed E-state index contributed by atoms with van der Waals surface area (Å²) < 4.78 is 17.0. The molecule has 0 saturated heterocycles. The molecule has 0 fully saturated rings. The fourth-order valence-electron chi connectivity index (χ4n) is 2.64. The first kappa shape index (κ1) is 13.7. The first-order valence-corrected chi connectivity index (χ1v) is 6.85.